The van der Waals surface area contributed by atoms with Gasteiger partial charge in [-0.3, -0.25) is 5.10 Å². The van der Waals surface area contributed by atoms with Crippen LogP contribution in [0.2, 0.25) is 5.02 Å². The minimum Gasteiger partial charge on any atom is -0.368 e. The Hall–Kier alpha value is -2.64. The van der Waals surface area contributed by atoms with Crippen LogP contribution in [0.25, 0.3) is 17.1 Å². The summed E-state index contributed by atoms with van der Waals surface area (Å²) in [5, 5.41) is 12.6. The third-order valence-electron chi connectivity index (χ3n) is 5.50. The Morgan fingerprint density at radius 2 is 1.86 bits per heavy atom. The van der Waals surface area contributed by atoms with Gasteiger partial charge in [-0.2, -0.15) is 5.10 Å². The Bertz CT molecular complexity index is 1040. The second-order valence-electron chi connectivity index (χ2n) is 7.34. The first-order valence-electron chi connectivity index (χ1n) is 9.54. The van der Waals surface area contributed by atoms with Crippen LogP contribution in [0.1, 0.15) is 11.3 Å². The van der Waals surface area contributed by atoms with Gasteiger partial charge in [0.2, 0.25) is 0 Å². The lowest BCUT2D eigenvalue weighted by Gasteiger charge is -2.37. The molecule has 0 atom stereocenters. The summed E-state index contributed by atoms with van der Waals surface area (Å²) in [6, 6.07) is 6.09. The smallest absolute Gasteiger partial charge is 0.186 e. The summed E-state index contributed by atoms with van der Waals surface area (Å²) in [5.74, 6) is 0.959. The molecule has 0 spiro atoms. The van der Waals surface area contributed by atoms with Crippen LogP contribution >= 0.6 is 11.6 Å². The highest BCUT2D eigenvalue weighted by atomic mass is 35.5. The molecule has 0 bridgehead atoms. The molecule has 7 nitrogen and oxygen atoms in total. The maximum absolute atomic E-state index is 6.21. The standard InChI is InChI=1S/C20H22ClN7/c1-13-2-3-15(21)9-17(13)27-4-6-28(7-5-27)20-18-16(8-14-10-22-11-14)25-26-19(18)23-12-24-20/h2-3,8-9,12,22H,4-7,10-11H2,1H3,(H,23,24,25,26). The minimum atomic E-state index is 0.720. The van der Waals surface area contributed by atoms with Crippen molar-refractivity contribution < 1.29 is 0 Å². The van der Waals surface area contributed by atoms with Gasteiger partial charge in [0, 0.05) is 50.0 Å². The van der Waals surface area contributed by atoms with Crippen LogP contribution in [0.15, 0.2) is 30.1 Å². The van der Waals surface area contributed by atoms with E-state index in [0.29, 0.717) is 0 Å². The number of aryl methyl sites for hydroxylation is 1. The molecule has 4 heterocycles. The van der Waals surface area contributed by atoms with Crippen molar-refractivity contribution >= 4 is 40.2 Å². The lowest BCUT2D eigenvalue weighted by atomic mass is 10.1. The fourth-order valence-electron chi connectivity index (χ4n) is 3.86. The van der Waals surface area contributed by atoms with Crippen LogP contribution in [-0.4, -0.2) is 59.4 Å². The Kier molecular flexibility index (Phi) is 4.41. The molecule has 2 aromatic heterocycles. The summed E-state index contributed by atoms with van der Waals surface area (Å²) >= 11 is 6.21. The highest BCUT2D eigenvalue weighted by molar-refractivity contribution is 6.30. The number of hydrogen-bond donors (Lipinski definition) is 2. The molecular formula is C20H22ClN7. The van der Waals surface area contributed by atoms with Gasteiger partial charge >= 0.3 is 0 Å². The zero-order valence-corrected chi connectivity index (χ0v) is 16.5. The van der Waals surface area contributed by atoms with Gasteiger partial charge in [0.15, 0.2) is 5.65 Å². The van der Waals surface area contributed by atoms with E-state index in [2.05, 4.69) is 60.4 Å². The topological polar surface area (TPSA) is 73.0 Å². The van der Waals surface area contributed by atoms with E-state index >= 15 is 0 Å². The van der Waals surface area contributed by atoms with Crippen LogP contribution in [-0.2, 0) is 0 Å². The van der Waals surface area contributed by atoms with E-state index in [1.54, 1.807) is 6.33 Å². The first-order valence-corrected chi connectivity index (χ1v) is 9.92. The molecule has 0 unspecified atom stereocenters. The SMILES string of the molecule is Cc1ccc(Cl)cc1N1CCN(c2ncnc3n[nH]c(C=C4CNC4)c23)CC1. The molecule has 0 saturated carbocycles. The largest absolute Gasteiger partial charge is 0.368 e. The van der Waals surface area contributed by atoms with Crippen molar-refractivity contribution in [1.29, 1.82) is 0 Å². The monoisotopic (exact) mass is 395 g/mol. The van der Waals surface area contributed by atoms with Gasteiger partial charge in [-0.1, -0.05) is 17.7 Å². The number of H-pyrrole nitrogens is 1. The average molecular weight is 396 g/mol. The van der Waals surface area contributed by atoms with Crippen LogP contribution < -0.4 is 15.1 Å². The van der Waals surface area contributed by atoms with Gasteiger partial charge in [-0.05, 0) is 36.3 Å². The molecule has 2 aliphatic rings. The fourth-order valence-corrected chi connectivity index (χ4v) is 4.03. The molecule has 2 fully saturated rings. The molecule has 2 saturated heterocycles. The normalized spacial score (nSPS) is 17.1. The van der Waals surface area contributed by atoms with E-state index in [9.17, 15) is 0 Å². The molecular weight excluding hydrogens is 374 g/mol. The van der Waals surface area contributed by atoms with Crippen molar-refractivity contribution in [2.75, 3.05) is 49.1 Å². The summed E-state index contributed by atoms with van der Waals surface area (Å²) < 4.78 is 0. The second-order valence-corrected chi connectivity index (χ2v) is 7.78. The van der Waals surface area contributed by atoms with Crippen molar-refractivity contribution in [3.05, 3.63) is 46.4 Å². The van der Waals surface area contributed by atoms with E-state index < -0.39 is 0 Å². The molecule has 28 heavy (non-hydrogen) atoms. The van der Waals surface area contributed by atoms with Gasteiger partial charge in [-0.15, -0.1) is 0 Å². The third kappa shape index (κ3) is 3.10. The Balaban J connectivity index is 1.41. The first kappa shape index (κ1) is 17.5. The highest BCUT2D eigenvalue weighted by Crippen LogP contribution is 2.30. The van der Waals surface area contributed by atoms with Crippen molar-refractivity contribution in [1.82, 2.24) is 25.5 Å². The Morgan fingerprint density at radius 3 is 2.61 bits per heavy atom. The summed E-state index contributed by atoms with van der Waals surface area (Å²) in [6.45, 7) is 7.62. The lowest BCUT2D eigenvalue weighted by molar-refractivity contribution is 0.647. The lowest BCUT2D eigenvalue weighted by Crippen LogP contribution is -2.47. The van der Waals surface area contributed by atoms with Crippen molar-refractivity contribution in [2.45, 2.75) is 6.92 Å². The molecule has 0 aliphatic carbocycles. The minimum absolute atomic E-state index is 0.720. The molecule has 0 amide bonds. The van der Waals surface area contributed by atoms with Gasteiger partial charge in [0.25, 0.3) is 0 Å². The number of fused-ring (bicyclic) bond motifs is 1. The number of piperazine rings is 1. The van der Waals surface area contributed by atoms with Crippen molar-refractivity contribution in [3.63, 3.8) is 0 Å². The number of halogens is 1. The zero-order valence-electron chi connectivity index (χ0n) is 15.7. The summed E-state index contributed by atoms with van der Waals surface area (Å²) in [7, 11) is 0. The predicted octanol–water partition coefficient (Wildman–Crippen LogP) is 2.63. The van der Waals surface area contributed by atoms with Gasteiger partial charge in [-0.25, -0.2) is 9.97 Å². The van der Waals surface area contributed by atoms with Gasteiger partial charge in [0.1, 0.15) is 12.1 Å². The number of hydrogen-bond acceptors (Lipinski definition) is 6. The van der Waals surface area contributed by atoms with Crippen LogP contribution in [0.3, 0.4) is 0 Å². The maximum Gasteiger partial charge on any atom is 0.186 e. The van der Waals surface area contributed by atoms with E-state index in [1.807, 2.05) is 6.07 Å². The number of aromatic amines is 1. The number of aromatic nitrogens is 4. The summed E-state index contributed by atoms with van der Waals surface area (Å²) in [4.78, 5) is 13.7. The molecule has 8 heteroatoms. The summed E-state index contributed by atoms with van der Waals surface area (Å²) in [5.41, 5.74) is 5.54. The zero-order chi connectivity index (χ0) is 19.1. The highest BCUT2D eigenvalue weighted by Gasteiger charge is 2.23. The third-order valence-corrected chi connectivity index (χ3v) is 5.74. The first-order chi connectivity index (χ1) is 13.7. The predicted molar refractivity (Wildman–Crippen MR) is 113 cm³/mol. The number of nitrogens with one attached hydrogen (secondary N) is 2. The number of nitrogens with zero attached hydrogens (tertiary/aromatic N) is 5. The molecule has 1 aromatic carbocycles. The second kappa shape index (κ2) is 7.07. The van der Waals surface area contributed by atoms with E-state index in [1.165, 1.54) is 16.8 Å². The molecule has 5 rings (SSSR count). The summed E-state index contributed by atoms with van der Waals surface area (Å²) in [6.07, 6.45) is 3.78. The van der Waals surface area contributed by atoms with Crippen molar-refractivity contribution in [2.24, 2.45) is 0 Å². The molecule has 0 radical (unpaired) electrons. The van der Waals surface area contributed by atoms with E-state index in [0.717, 1.165) is 66.8 Å². The van der Waals surface area contributed by atoms with Gasteiger partial charge in [0.05, 0.1) is 11.1 Å². The van der Waals surface area contributed by atoms with E-state index in [4.69, 9.17) is 11.6 Å². The van der Waals surface area contributed by atoms with Crippen LogP contribution in [0.5, 0.6) is 0 Å². The average Bonchev–Trinajstić information content (AvgIpc) is 3.10. The molecule has 144 valence electrons. The maximum atomic E-state index is 6.21. The van der Waals surface area contributed by atoms with Crippen LogP contribution in [0, 0.1) is 6.92 Å². The molecule has 2 aliphatic heterocycles. The van der Waals surface area contributed by atoms with Crippen molar-refractivity contribution in [3.8, 4) is 0 Å². The number of anilines is 2. The van der Waals surface area contributed by atoms with Crippen LogP contribution in [0.4, 0.5) is 11.5 Å². The van der Waals surface area contributed by atoms with E-state index in [-0.39, 0.29) is 0 Å². The molecule has 3 aromatic rings. The Labute approximate surface area is 168 Å². The fraction of sp³-hybridized carbons (Fsp3) is 0.350. The Morgan fingerprint density at radius 1 is 1.07 bits per heavy atom. The number of rotatable bonds is 3. The number of benzene rings is 1. The quantitative estimate of drug-likeness (QED) is 0.710. The van der Waals surface area contributed by atoms with Gasteiger partial charge < -0.3 is 15.1 Å². The molecule has 2 N–H and O–H groups in total.